The Morgan fingerprint density at radius 1 is 0.868 bits per heavy atom. The van der Waals surface area contributed by atoms with Gasteiger partial charge in [0.05, 0.1) is 29.8 Å². The molecule has 6 nitrogen and oxygen atoms in total. The lowest BCUT2D eigenvalue weighted by Gasteiger charge is -2.75. The molecule has 5 saturated carbocycles. The van der Waals surface area contributed by atoms with Gasteiger partial charge in [0.2, 0.25) is 0 Å². The van der Waals surface area contributed by atoms with Gasteiger partial charge in [-0.2, -0.15) is 0 Å². The zero-order chi connectivity index (χ0) is 27.7. The summed E-state index contributed by atoms with van der Waals surface area (Å²) in [6.45, 7) is 15.7. The van der Waals surface area contributed by atoms with Crippen LogP contribution in [0.4, 0.5) is 0 Å². The van der Waals surface area contributed by atoms with Crippen LogP contribution in [0.2, 0.25) is 0 Å². The van der Waals surface area contributed by atoms with Crippen LogP contribution in [-0.2, 0) is 19.1 Å². The molecule has 6 heteroatoms. The Hall–Kier alpha value is -0.980. The standard InChI is InChI=1S/C32H50O6/c1-19(34)38-25-16-27(4,17-33)14-22-31(25)18-37-32(22)13-9-21-28(5)11-10-23(35)26(2,3)20(28)8-12-29(21,6)30(32,7)15-24(31)36/h17,20-25,35-36H,8-16,18H2,1-7H3. The molecule has 0 aromatic heterocycles. The number of esters is 1. The molecule has 0 radical (unpaired) electrons. The zero-order valence-corrected chi connectivity index (χ0v) is 24.6. The second-order valence-electron chi connectivity index (χ2n) is 16.2. The van der Waals surface area contributed by atoms with Gasteiger partial charge in [0.1, 0.15) is 12.4 Å². The van der Waals surface area contributed by atoms with E-state index in [1.165, 1.54) is 6.92 Å². The third kappa shape index (κ3) is 2.91. The van der Waals surface area contributed by atoms with Gasteiger partial charge in [-0.1, -0.05) is 41.5 Å². The summed E-state index contributed by atoms with van der Waals surface area (Å²) in [4.78, 5) is 24.7. The van der Waals surface area contributed by atoms with Gasteiger partial charge < -0.3 is 24.5 Å². The molecule has 6 fully saturated rings. The van der Waals surface area contributed by atoms with Gasteiger partial charge in [0, 0.05) is 23.7 Å². The molecule has 38 heavy (non-hydrogen) atoms. The van der Waals surface area contributed by atoms with Gasteiger partial charge in [0.25, 0.3) is 0 Å². The van der Waals surface area contributed by atoms with E-state index in [-0.39, 0.29) is 39.7 Å². The van der Waals surface area contributed by atoms with Crippen molar-refractivity contribution >= 4 is 12.3 Å². The molecule has 12 atom stereocenters. The van der Waals surface area contributed by atoms with Crippen LogP contribution in [0, 0.1) is 50.2 Å². The first-order chi connectivity index (χ1) is 17.6. The van der Waals surface area contributed by atoms with Crippen LogP contribution < -0.4 is 0 Å². The number of carbonyl (C=O) groups excluding carboxylic acids is 2. The molecule has 6 rings (SSSR count). The van der Waals surface area contributed by atoms with Crippen LogP contribution in [0.25, 0.3) is 0 Å². The number of fused-ring (bicyclic) bond motifs is 4. The van der Waals surface area contributed by atoms with Crippen LogP contribution in [-0.4, -0.2) is 53.0 Å². The first-order valence-corrected chi connectivity index (χ1v) is 15.2. The lowest BCUT2D eigenvalue weighted by Crippen LogP contribution is -2.75. The Labute approximate surface area is 228 Å². The molecule has 1 saturated heterocycles. The van der Waals surface area contributed by atoms with Crippen molar-refractivity contribution in [1.29, 1.82) is 0 Å². The van der Waals surface area contributed by atoms with Crippen LogP contribution in [0.5, 0.6) is 0 Å². The molecule has 1 aliphatic heterocycles. The van der Waals surface area contributed by atoms with E-state index in [4.69, 9.17) is 9.47 Å². The van der Waals surface area contributed by atoms with Gasteiger partial charge >= 0.3 is 5.97 Å². The Bertz CT molecular complexity index is 1040. The van der Waals surface area contributed by atoms with Gasteiger partial charge in [-0.15, -0.1) is 0 Å². The Morgan fingerprint density at radius 3 is 2.21 bits per heavy atom. The summed E-state index contributed by atoms with van der Waals surface area (Å²) in [6.07, 6.45) is 7.37. The van der Waals surface area contributed by atoms with Crippen molar-refractivity contribution in [1.82, 2.24) is 0 Å². The Balaban J connectivity index is 1.46. The van der Waals surface area contributed by atoms with E-state index in [9.17, 15) is 19.8 Å². The number of ether oxygens (including phenoxy) is 2. The lowest BCUT2D eigenvalue weighted by atomic mass is 9.30. The highest BCUT2D eigenvalue weighted by Crippen LogP contribution is 2.80. The van der Waals surface area contributed by atoms with Crippen molar-refractivity contribution in [2.24, 2.45) is 50.2 Å². The predicted octanol–water partition coefficient (Wildman–Crippen LogP) is 5.07. The molecule has 2 N–H and O–H groups in total. The molecule has 214 valence electrons. The van der Waals surface area contributed by atoms with E-state index < -0.39 is 28.6 Å². The number of rotatable bonds is 2. The summed E-state index contributed by atoms with van der Waals surface area (Å²) >= 11 is 0. The number of aldehydes is 1. The molecule has 6 aliphatic rings. The average Bonchev–Trinajstić information content (AvgIpc) is 3.10. The molecule has 0 aromatic carbocycles. The first kappa shape index (κ1) is 27.2. The zero-order valence-electron chi connectivity index (χ0n) is 24.6. The van der Waals surface area contributed by atoms with E-state index in [0.717, 1.165) is 44.8 Å². The molecular weight excluding hydrogens is 480 g/mol. The van der Waals surface area contributed by atoms with Gasteiger partial charge in [-0.3, -0.25) is 4.79 Å². The highest BCUT2D eigenvalue weighted by atomic mass is 16.6. The number of hydrogen-bond donors (Lipinski definition) is 2. The minimum Gasteiger partial charge on any atom is -0.462 e. The van der Waals surface area contributed by atoms with Gasteiger partial charge in [-0.25, -0.2) is 0 Å². The molecule has 1 spiro atoms. The van der Waals surface area contributed by atoms with Crippen molar-refractivity contribution in [3.63, 3.8) is 0 Å². The molecule has 12 unspecified atom stereocenters. The quantitative estimate of drug-likeness (QED) is 0.382. The number of aliphatic hydroxyl groups is 2. The molecule has 1 heterocycles. The van der Waals surface area contributed by atoms with Crippen molar-refractivity contribution in [2.45, 2.75) is 130 Å². The minimum absolute atomic E-state index is 0.0371. The third-order valence-corrected chi connectivity index (χ3v) is 14.6. The maximum absolute atomic E-state index is 12.5. The van der Waals surface area contributed by atoms with Crippen LogP contribution in [0.1, 0.15) is 106 Å². The Kier molecular flexibility index (Phi) is 5.62. The smallest absolute Gasteiger partial charge is 0.302 e. The molecule has 2 bridgehead atoms. The van der Waals surface area contributed by atoms with E-state index in [1.54, 1.807) is 0 Å². The molecule has 5 aliphatic carbocycles. The summed E-state index contributed by atoms with van der Waals surface area (Å²) in [5.41, 5.74) is -2.02. The summed E-state index contributed by atoms with van der Waals surface area (Å²) in [6, 6.07) is 0. The number of aliphatic hydroxyl groups excluding tert-OH is 2. The van der Waals surface area contributed by atoms with Crippen molar-refractivity contribution in [3.05, 3.63) is 0 Å². The second-order valence-corrected chi connectivity index (χ2v) is 16.2. The molecular formula is C32H50O6. The fourth-order valence-electron chi connectivity index (χ4n) is 12.5. The highest BCUT2D eigenvalue weighted by Gasteiger charge is 2.82. The van der Waals surface area contributed by atoms with Crippen molar-refractivity contribution in [3.8, 4) is 0 Å². The predicted molar refractivity (Wildman–Crippen MR) is 143 cm³/mol. The van der Waals surface area contributed by atoms with Gasteiger partial charge in [-0.05, 0) is 85.9 Å². The maximum atomic E-state index is 12.5. The summed E-state index contributed by atoms with van der Waals surface area (Å²) in [5.74, 6) is 0.548. The topological polar surface area (TPSA) is 93.1 Å². The maximum Gasteiger partial charge on any atom is 0.302 e. The average molecular weight is 531 g/mol. The second kappa shape index (κ2) is 7.85. The normalized spacial score (nSPS) is 58.6. The van der Waals surface area contributed by atoms with Crippen molar-refractivity contribution in [2.75, 3.05) is 6.61 Å². The van der Waals surface area contributed by atoms with Crippen LogP contribution >= 0.6 is 0 Å². The van der Waals surface area contributed by atoms with E-state index in [2.05, 4.69) is 34.6 Å². The summed E-state index contributed by atoms with van der Waals surface area (Å²) < 4.78 is 13.0. The summed E-state index contributed by atoms with van der Waals surface area (Å²) in [7, 11) is 0. The van der Waals surface area contributed by atoms with E-state index in [0.29, 0.717) is 37.7 Å². The lowest BCUT2D eigenvalue weighted by molar-refractivity contribution is -0.303. The third-order valence-electron chi connectivity index (χ3n) is 14.6. The summed E-state index contributed by atoms with van der Waals surface area (Å²) in [5, 5.41) is 23.1. The SMILES string of the molecule is CC(=O)OC1CC(C)(C=O)CC2C13COC21CCC2C4(C)CCC(O)C(C)(C)C4CCC2(C)C1(C)CC3O. The van der Waals surface area contributed by atoms with Crippen molar-refractivity contribution < 1.29 is 29.3 Å². The van der Waals surface area contributed by atoms with Gasteiger partial charge in [0.15, 0.2) is 0 Å². The largest absolute Gasteiger partial charge is 0.462 e. The van der Waals surface area contributed by atoms with Crippen LogP contribution in [0.15, 0.2) is 0 Å². The monoisotopic (exact) mass is 530 g/mol. The first-order valence-electron chi connectivity index (χ1n) is 15.2. The number of hydrogen-bond acceptors (Lipinski definition) is 6. The molecule has 0 aromatic rings. The van der Waals surface area contributed by atoms with E-state index >= 15 is 0 Å². The highest BCUT2D eigenvalue weighted by molar-refractivity contribution is 5.67. The number of carbonyl (C=O) groups is 2. The van der Waals surface area contributed by atoms with E-state index in [1.807, 2.05) is 6.92 Å². The molecule has 0 amide bonds. The minimum atomic E-state index is -0.658. The Morgan fingerprint density at radius 2 is 1.55 bits per heavy atom. The fourth-order valence-corrected chi connectivity index (χ4v) is 12.5. The fraction of sp³-hybridized carbons (Fsp3) is 0.938. The van der Waals surface area contributed by atoms with Crippen LogP contribution in [0.3, 0.4) is 0 Å².